The van der Waals surface area contributed by atoms with Gasteiger partial charge in [-0.3, -0.25) is 0 Å². The van der Waals surface area contributed by atoms with Crippen molar-refractivity contribution >= 4 is 11.9 Å². The van der Waals surface area contributed by atoms with Crippen LogP contribution in [0.25, 0.3) is 0 Å². The summed E-state index contributed by atoms with van der Waals surface area (Å²) < 4.78 is 0. The largest absolute Gasteiger partial charge is 1.00 e. The first-order valence-corrected chi connectivity index (χ1v) is 4.96. The monoisotopic (exact) mass is 264 g/mol. The third kappa shape index (κ3) is 24.4. The fourth-order valence-electron chi connectivity index (χ4n) is 0.576. The van der Waals surface area contributed by atoms with Crippen molar-refractivity contribution in [3.63, 3.8) is 0 Å². The second-order valence-corrected chi connectivity index (χ2v) is 3.57. The van der Waals surface area contributed by atoms with Crippen molar-refractivity contribution in [2.45, 2.75) is 27.2 Å². The minimum Gasteiger partial charge on any atom is -0.545 e. The second-order valence-electron chi connectivity index (χ2n) is 3.57. The molecule has 0 saturated carbocycles. The summed E-state index contributed by atoms with van der Waals surface area (Å²) in [7, 11) is 0. The van der Waals surface area contributed by atoms with Crippen molar-refractivity contribution in [3.05, 3.63) is 37.5 Å². The van der Waals surface area contributed by atoms with Crippen LogP contribution in [0.1, 0.15) is 27.2 Å². The van der Waals surface area contributed by atoms with Crippen molar-refractivity contribution in [2.75, 3.05) is 0 Å². The molecule has 0 spiro atoms. The summed E-state index contributed by atoms with van der Waals surface area (Å²) in [6.45, 7) is 17.8. The van der Waals surface area contributed by atoms with E-state index in [4.69, 9.17) is 5.11 Å². The van der Waals surface area contributed by atoms with Crippen LogP contribution in [-0.4, -0.2) is 17.0 Å². The van der Waals surface area contributed by atoms with E-state index in [-0.39, 0.29) is 40.7 Å². The van der Waals surface area contributed by atoms with E-state index in [1.807, 2.05) is 13.8 Å². The van der Waals surface area contributed by atoms with Gasteiger partial charge in [0.25, 0.3) is 0 Å². The summed E-state index contributed by atoms with van der Waals surface area (Å²) in [5.74, 6) is -1.73. The van der Waals surface area contributed by atoms with Crippen molar-refractivity contribution in [2.24, 2.45) is 5.92 Å². The molecule has 98 valence electrons. The Morgan fingerprint density at radius 2 is 1.50 bits per heavy atom. The zero-order valence-corrected chi connectivity index (χ0v) is 13.8. The molecule has 4 nitrogen and oxygen atoms in total. The minimum absolute atomic E-state index is 0. The van der Waals surface area contributed by atoms with E-state index < -0.39 is 11.9 Å². The van der Waals surface area contributed by atoms with E-state index in [0.29, 0.717) is 12.3 Å². The third-order valence-corrected chi connectivity index (χ3v) is 1.31. The van der Waals surface area contributed by atoms with Gasteiger partial charge in [0.05, 0.1) is 5.97 Å². The molecule has 0 aromatic rings. The Labute approximate surface area is 131 Å². The topological polar surface area (TPSA) is 77.4 Å². The van der Waals surface area contributed by atoms with E-state index in [1.54, 1.807) is 0 Å². The van der Waals surface area contributed by atoms with Gasteiger partial charge in [0.15, 0.2) is 0 Å². The molecule has 0 rings (SSSR count). The zero-order chi connectivity index (χ0) is 14.6. The fourth-order valence-corrected chi connectivity index (χ4v) is 0.576. The summed E-state index contributed by atoms with van der Waals surface area (Å²) in [5, 5.41) is 17.9. The molecule has 0 bridgehead atoms. The number of carbonyl (C=O) groups is 2. The zero-order valence-electron chi connectivity index (χ0n) is 11.8. The van der Waals surface area contributed by atoms with Gasteiger partial charge in [0.1, 0.15) is 0 Å². The Bertz CT molecular complexity index is 271. The van der Waals surface area contributed by atoms with Crippen LogP contribution in [-0.2, 0) is 9.59 Å². The fraction of sp³-hybridized carbons (Fsp3) is 0.385. The van der Waals surface area contributed by atoms with Gasteiger partial charge in [-0.05, 0) is 24.8 Å². The van der Waals surface area contributed by atoms with Gasteiger partial charge in [-0.1, -0.05) is 27.0 Å². The molecule has 1 N–H and O–H groups in total. The van der Waals surface area contributed by atoms with Gasteiger partial charge in [0.2, 0.25) is 0 Å². The molecule has 0 radical (unpaired) electrons. The average Bonchev–Trinajstić information content (AvgIpc) is 2.20. The first-order chi connectivity index (χ1) is 7.68. The van der Waals surface area contributed by atoms with Gasteiger partial charge < -0.3 is 15.0 Å². The van der Waals surface area contributed by atoms with Crippen molar-refractivity contribution in [3.8, 4) is 0 Å². The predicted molar refractivity (Wildman–Crippen MR) is 67.3 cm³/mol. The Morgan fingerprint density at radius 1 is 1.22 bits per heavy atom. The van der Waals surface area contributed by atoms with Crippen molar-refractivity contribution in [1.82, 2.24) is 0 Å². The molecule has 0 atom stereocenters. The molecule has 0 amide bonds. The van der Waals surface area contributed by atoms with E-state index in [2.05, 4.69) is 26.3 Å². The number of hydrogen-bond donors (Lipinski definition) is 1. The van der Waals surface area contributed by atoms with Gasteiger partial charge in [-0.15, -0.1) is 13.2 Å². The van der Waals surface area contributed by atoms with E-state index in [9.17, 15) is 14.7 Å². The first-order valence-electron chi connectivity index (χ1n) is 4.96. The van der Waals surface area contributed by atoms with Crippen LogP contribution in [0.15, 0.2) is 37.5 Å². The maximum absolute atomic E-state index is 10.0. The van der Waals surface area contributed by atoms with Crippen LogP contribution in [0.2, 0.25) is 0 Å². The van der Waals surface area contributed by atoms with E-state index in [1.165, 1.54) is 6.92 Å². The molecule has 0 unspecified atom stereocenters. The summed E-state index contributed by atoms with van der Waals surface area (Å²) >= 11 is 0. The molecular weight excluding hydrogens is 243 g/mol. The Morgan fingerprint density at radius 3 is 1.56 bits per heavy atom. The Hall–Kier alpha value is -0.840. The molecule has 0 saturated heterocycles. The number of hydrogen-bond acceptors (Lipinski definition) is 3. The summed E-state index contributed by atoms with van der Waals surface area (Å²) in [5.41, 5.74) is 0.361. The molecule has 0 aliphatic heterocycles. The van der Waals surface area contributed by atoms with Crippen LogP contribution >= 0.6 is 0 Å². The number of rotatable bonds is 4. The molecule has 0 fully saturated rings. The SMILES string of the molecule is C=C.C=C(C)C(=O)O.C=C(CC(C)C)C(=O)[O-].[Na+]. The maximum atomic E-state index is 10.0. The van der Waals surface area contributed by atoms with Gasteiger partial charge in [-0.2, -0.15) is 0 Å². The first kappa shape index (κ1) is 25.9. The number of aliphatic carboxylic acids is 2. The minimum atomic E-state index is -1.14. The molecule has 0 aliphatic rings. The van der Waals surface area contributed by atoms with E-state index >= 15 is 0 Å². The predicted octanol–water partition coefficient (Wildman–Crippen LogP) is -1.21. The van der Waals surface area contributed by atoms with E-state index in [0.717, 1.165) is 0 Å². The molecule has 18 heavy (non-hydrogen) atoms. The summed E-state index contributed by atoms with van der Waals surface area (Å²) in [6.07, 6.45) is 0.516. The van der Waals surface area contributed by atoms with Crippen LogP contribution in [0, 0.1) is 5.92 Å². The van der Waals surface area contributed by atoms with Gasteiger partial charge in [0, 0.05) is 5.57 Å². The van der Waals surface area contributed by atoms with Crippen LogP contribution in [0.5, 0.6) is 0 Å². The maximum Gasteiger partial charge on any atom is 1.00 e. The normalized spacial score (nSPS) is 7.56. The Kier molecular flexibility index (Phi) is 23.2. The molecule has 0 aliphatic carbocycles. The number of carbonyl (C=O) groups excluding carboxylic acids is 1. The number of carboxylic acids is 2. The molecule has 0 aromatic carbocycles. The van der Waals surface area contributed by atoms with Gasteiger partial charge >= 0.3 is 35.5 Å². The smallest absolute Gasteiger partial charge is 0.545 e. The average molecular weight is 264 g/mol. The summed E-state index contributed by atoms with van der Waals surface area (Å²) in [6, 6.07) is 0. The molecule has 0 aromatic heterocycles. The number of carboxylic acid groups (broad SMARTS) is 2. The van der Waals surface area contributed by atoms with Crippen molar-refractivity contribution in [1.29, 1.82) is 0 Å². The summed E-state index contributed by atoms with van der Waals surface area (Å²) in [4.78, 5) is 19.6. The molecule has 0 heterocycles. The van der Waals surface area contributed by atoms with Crippen LogP contribution in [0.4, 0.5) is 0 Å². The molecule has 5 heteroatoms. The molecular formula is C13H21NaO4. The Balaban J connectivity index is -0.0000000958. The second kappa shape index (κ2) is 16.2. The quantitative estimate of drug-likeness (QED) is 0.393. The van der Waals surface area contributed by atoms with Crippen LogP contribution < -0.4 is 34.7 Å². The van der Waals surface area contributed by atoms with Gasteiger partial charge in [-0.25, -0.2) is 4.79 Å². The third-order valence-electron chi connectivity index (χ3n) is 1.31. The van der Waals surface area contributed by atoms with Crippen molar-refractivity contribution < 1.29 is 49.4 Å². The van der Waals surface area contributed by atoms with Crippen LogP contribution in [0.3, 0.4) is 0 Å². The standard InChI is InChI=1S/C7H12O2.C4H6O2.C2H4.Na/c1-5(2)4-6(3)7(8)9;1-3(2)4(5)6;1-2;/h5H,3-4H2,1-2H3,(H,8,9);1H2,2H3,(H,5,6);1-2H2;/q;;;+1/p-1.